The zero-order valence-corrected chi connectivity index (χ0v) is 5.96. The monoisotopic (exact) mass is 124 g/mol. The first-order valence-electron chi connectivity index (χ1n) is 2.92. The largest absolute Gasteiger partial charge is 0.296 e. The third kappa shape index (κ3) is 3.64. The van der Waals surface area contributed by atoms with Crippen molar-refractivity contribution in [2.75, 3.05) is 7.05 Å². The van der Waals surface area contributed by atoms with Crippen LogP contribution in [-0.4, -0.2) is 20.0 Å². The molecule has 0 saturated heterocycles. The second-order valence-electron chi connectivity index (χ2n) is 1.63. The minimum Gasteiger partial charge on any atom is -0.296 e. The van der Waals surface area contributed by atoms with Gasteiger partial charge in [-0.3, -0.25) is 9.98 Å². The summed E-state index contributed by atoms with van der Waals surface area (Å²) in [5, 5.41) is 0. The molecular weight excluding hydrogens is 112 g/mol. The topological polar surface area (TPSA) is 24.7 Å². The van der Waals surface area contributed by atoms with E-state index in [1.807, 2.05) is 0 Å². The summed E-state index contributed by atoms with van der Waals surface area (Å²) in [6.07, 6.45) is 4.46. The normalized spacial score (nSPS) is 12.4. The Morgan fingerprint density at radius 3 is 2.67 bits per heavy atom. The van der Waals surface area contributed by atoms with Crippen molar-refractivity contribution in [1.29, 1.82) is 0 Å². The van der Waals surface area contributed by atoms with E-state index in [2.05, 4.69) is 23.6 Å². The molecule has 0 unspecified atom stereocenters. The van der Waals surface area contributed by atoms with E-state index in [0.29, 0.717) is 0 Å². The molecule has 9 heavy (non-hydrogen) atoms. The van der Waals surface area contributed by atoms with Crippen molar-refractivity contribution in [1.82, 2.24) is 0 Å². The van der Waals surface area contributed by atoms with E-state index in [9.17, 15) is 0 Å². The summed E-state index contributed by atoms with van der Waals surface area (Å²) < 4.78 is 0. The molecular formula is C7H12N2. The lowest BCUT2D eigenvalue weighted by Crippen LogP contribution is -1.79. The fraction of sp³-hybridized carbons (Fsp3) is 0.429. The zero-order chi connectivity index (χ0) is 7.11. The molecule has 2 nitrogen and oxygen atoms in total. The molecule has 0 N–H and O–H groups in total. The van der Waals surface area contributed by atoms with E-state index in [0.717, 1.165) is 12.0 Å². The highest BCUT2D eigenvalue weighted by atomic mass is 14.7. The van der Waals surface area contributed by atoms with Gasteiger partial charge in [0.15, 0.2) is 0 Å². The highest BCUT2D eigenvalue weighted by Crippen LogP contribution is 1.95. The van der Waals surface area contributed by atoms with Crippen LogP contribution in [-0.2, 0) is 0 Å². The van der Waals surface area contributed by atoms with Gasteiger partial charge >= 0.3 is 0 Å². The molecule has 0 bridgehead atoms. The van der Waals surface area contributed by atoms with E-state index in [-0.39, 0.29) is 0 Å². The van der Waals surface area contributed by atoms with Crippen LogP contribution in [0.5, 0.6) is 0 Å². The van der Waals surface area contributed by atoms with E-state index >= 15 is 0 Å². The van der Waals surface area contributed by atoms with Crippen LogP contribution in [0.4, 0.5) is 0 Å². The van der Waals surface area contributed by atoms with Gasteiger partial charge in [-0.05, 0) is 18.7 Å². The summed E-state index contributed by atoms with van der Waals surface area (Å²) in [7, 11) is 1.74. The van der Waals surface area contributed by atoms with E-state index in [1.165, 1.54) is 0 Å². The Labute approximate surface area is 56.0 Å². The molecule has 0 aliphatic carbocycles. The maximum absolute atomic E-state index is 3.84. The fourth-order valence-corrected chi connectivity index (χ4v) is 0.499. The summed E-state index contributed by atoms with van der Waals surface area (Å²) in [5.41, 5.74) is 1.10. The second kappa shape index (κ2) is 5.22. The molecule has 0 heterocycles. The van der Waals surface area contributed by atoms with E-state index < -0.39 is 0 Å². The number of allylic oxidation sites excluding steroid dienone is 1. The van der Waals surface area contributed by atoms with Crippen LogP contribution in [0.1, 0.15) is 13.3 Å². The minimum atomic E-state index is 0.955. The lowest BCUT2D eigenvalue weighted by Gasteiger charge is -1.89. The molecule has 0 aromatic heterocycles. The molecule has 0 aliphatic heterocycles. The van der Waals surface area contributed by atoms with Crippen molar-refractivity contribution in [2.45, 2.75) is 13.3 Å². The van der Waals surface area contributed by atoms with Crippen LogP contribution in [0.15, 0.2) is 21.8 Å². The smallest absolute Gasteiger partial charge is 0.0307 e. The highest BCUT2D eigenvalue weighted by Gasteiger charge is 1.83. The predicted octanol–water partition coefficient (Wildman–Crippen LogP) is 1.68. The molecule has 0 atom stereocenters. The molecule has 0 spiro atoms. The first-order valence-corrected chi connectivity index (χ1v) is 2.92. The maximum Gasteiger partial charge on any atom is 0.0307 e. The van der Waals surface area contributed by atoms with E-state index in [4.69, 9.17) is 0 Å². The lowest BCUT2D eigenvalue weighted by molar-refractivity contribution is 1.16. The van der Waals surface area contributed by atoms with Crippen molar-refractivity contribution in [3.05, 3.63) is 11.8 Å². The van der Waals surface area contributed by atoms with Gasteiger partial charge in [0, 0.05) is 19.5 Å². The van der Waals surface area contributed by atoms with Gasteiger partial charge in [0.05, 0.1) is 0 Å². The Balaban J connectivity index is 3.96. The summed E-state index contributed by atoms with van der Waals surface area (Å²) in [6, 6.07) is 0. The third-order valence-corrected chi connectivity index (χ3v) is 0.960. The third-order valence-electron chi connectivity index (χ3n) is 0.960. The molecule has 0 radical (unpaired) electrons. The predicted molar refractivity (Wildman–Crippen MR) is 42.3 cm³/mol. The van der Waals surface area contributed by atoms with Gasteiger partial charge < -0.3 is 0 Å². The molecule has 0 fully saturated rings. The number of hydrogen-bond acceptors (Lipinski definition) is 2. The highest BCUT2D eigenvalue weighted by molar-refractivity contribution is 5.78. The van der Waals surface area contributed by atoms with Crippen LogP contribution in [0, 0.1) is 0 Å². The Kier molecular flexibility index (Phi) is 4.69. The quantitative estimate of drug-likeness (QED) is 0.511. The fourth-order valence-electron chi connectivity index (χ4n) is 0.499. The van der Waals surface area contributed by atoms with Crippen LogP contribution in [0.3, 0.4) is 0 Å². The summed E-state index contributed by atoms with van der Waals surface area (Å²) in [6.45, 7) is 5.40. The molecule has 0 aromatic carbocycles. The van der Waals surface area contributed by atoms with Gasteiger partial charge in [0.2, 0.25) is 0 Å². The number of nitrogens with zero attached hydrogens (tertiary/aromatic N) is 2. The maximum atomic E-state index is 3.84. The second-order valence-corrected chi connectivity index (χ2v) is 1.63. The number of rotatable bonds is 3. The van der Waals surface area contributed by atoms with Gasteiger partial charge in [-0.15, -0.1) is 0 Å². The summed E-state index contributed by atoms with van der Waals surface area (Å²) in [4.78, 5) is 7.47. The lowest BCUT2D eigenvalue weighted by atomic mass is 10.2. The van der Waals surface area contributed by atoms with Gasteiger partial charge in [-0.25, -0.2) is 0 Å². The Bertz CT molecular complexity index is 134. The van der Waals surface area contributed by atoms with Gasteiger partial charge in [-0.2, -0.15) is 0 Å². The van der Waals surface area contributed by atoms with Crippen molar-refractivity contribution >= 4 is 12.9 Å². The molecule has 2 heteroatoms. The van der Waals surface area contributed by atoms with Crippen molar-refractivity contribution in [3.8, 4) is 0 Å². The first kappa shape index (κ1) is 8.08. The molecule has 0 amide bonds. The molecule has 0 aromatic rings. The molecule has 0 saturated carbocycles. The van der Waals surface area contributed by atoms with Gasteiger partial charge in [-0.1, -0.05) is 6.92 Å². The van der Waals surface area contributed by atoms with Gasteiger partial charge in [0.1, 0.15) is 0 Å². The van der Waals surface area contributed by atoms with Gasteiger partial charge in [0.25, 0.3) is 0 Å². The first-order chi connectivity index (χ1) is 4.35. The summed E-state index contributed by atoms with van der Waals surface area (Å²) >= 11 is 0. The van der Waals surface area contributed by atoms with Crippen molar-refractivity contribution in [3.63, 3.8) is 0 Å². The Morgan fingerprint density at radius 2 is 2.33 bits per heavy atom. The number of hydrogen-bond donors (Lipinski definition) is 0. The SMILES string of the molecule is C=N/C=C(\C=N/C)CC. The Morgan fingerprint density at radius 1 is 1.67 bits per heavy atom. The van der Waals surface area contributed by atoms with Crippen molar-refractivity contribution < 1.29 is 0 Å². The summed E-state index contributed by atoms with van der Waals surface area (Å²) in [5.74, 6) is 0. The average molecular weight is 124 g/mol. The molecule has 50 valence electrons. The zero-order valence-electron chi connectivity index (χ0n) is 5.96. The van der Waals surface area contributed by atoms with Crippen LogP contribution >= 0.6 is 0 Å². The standard InChI is InChI=1S/C7H12N2/c1-4-7(5-8-2)6-9-3/h5-6H,2,4H2,1,3H3/b7-5-,9-6-. The van der Waals surface area contributed by atoms with Crippen LogP contribution in [0.25, 0.3) is 0 Å². The molecule has 0 aliphatic rings. The average Bonchev–Trinajstić information content (AvgIpc) is 1.88. The van der Waals surface area contributed by atoms with Crippen molar-refractivity contribution in [2.24, 2.45) is 9.98 Å². The van der Waals surface area contributed by atoms with E-state index in [1.54, 1.807) is 19.5 Å². The minimum absolute atomic E-state index is 0.955. The molecule has 0 rings (SSSR count). The van der Waals surface area contributed by atoms with Crippen LogP contribution < -0.4 is 0 Å². The number of aliphatic imine (C=N–C) groups is 2. The van der Waals surface area contributed by atoms with Crippen LogP contribution in [0.2, 0.25) is 0 Å². The Hall–Kier alpha value is -0.920.